The van der Waals surface area contributed by atoms with Crippen molar-refractivity contribution in [3.8, 4) is 0 Å². The Balaban J connectivity index is 2.36. The van der Waals surface area contributed by atoms with Gasteiger partial charge < -0.3 is 15.5 Å². The number of nitrogens with two attached hydrogens (primary N) is 1. The molecule has 1 heterocycles. The molecule has 2 N–H and O–H groups in total. The number of nitrogens with zero attached hydrogens (tertiary/aromatic N) is 2. The summed E-state index contributed by atoms with van der Waals surface area (Å²) >= 11 is 0. The lowest BCUT2D eigenvalue weighted by Crippen LogP contribution is -2.41. The van der Waals surface area contributed by atoms with Crippen molar-refractivity contribution in [3.63, 3.8) is 0 Å². The van der Waals surface area contributed by atoms with E-state index in [9.17, 15) is 9.59 Å². The quantitative estimate of drug-likeness (QED) is 0.749. The molecule has 1 fully saturated rings. The number of likely N-dealkylation sites (N-methyl/N-ethyl adjacent to an activating group) is 1. The van der Waals surface area contributed by atoms with E-state index in [1.807, 2.05) is 11.8 Å². The van der Waals surface area contributed by atoms with Crippen molar-refractivity contribution >= 4 is 11.8 Å². The first-order valence-corrected chi connectivity index (χ1v) is 6.79. The van der Waals surface area contributed by atoms with Crippen molar-refractivity contribution < 1.29 is 9.59 Å². The maximum Gasteiger partial charge on any atom is 0.242 e. The Morgan fingerprint density at radius 2 is 1.94 bits per heavy atom. The summed E-state index contributed by atoms with van der Waals surface area (Å²) in [7, 11) is 1.70. The first-order valence-electron chi connectivity index (χ1n) is 6.79. The molecule has 0 bridgehead atoms. The summed E-state index contributed by atoms with van der Waals surface area (Å²) < 4.78 is 0. The van der Waals surface area contributed by atoms with Gasteiger partial charge in [0.05, 0.1) is 6.54 Å². The highest BCUT2D eigenvalue weighted by Gasteiger charge is 2.23. The second-order valence-corrected chi connectivity index (χ2v) is 5.11. The Hall–Kier alpha value is -1.10. The van der Waals surface area contributed by atoms with Gasteiger partial charge in [-0.1, -0.05) is 6.92 Å². The van der Waals surface area contributed by atoms with Gasteiger partial charge in [-0.05, 0) is 32.2 Å². The summed E-state index contributed by atoms with van der Waals surface area (Å²) in [6.45, 7) is 4.38. The largest absolute Gasteiger partial charge is 0.341 e. The minimum atomic E-state index is -0.0510. The van der Waals surface area contributed by atoms with Crippen LogP contribution in [0.5, 0.6) is 0 Å². The third-order valence-corrected chi connectivity index (χ3v) is 3.47. The van der Waals surface area contributed by atoms with E-state index in [-0.39, 0.29) is 24.3 Å². The Kier molecular flexibility index (Phi) is 6.12. The van der Waals surface area contributed by atoms with E-state index in [2.05, 4.69) is 0 Å². The fraction of sp³-hybridized carbons (Fsp3) is 0.846. The van der Waals surface area contributed by atoms with Gasteiger partial charge >= 0.3 is 0 Å². The van der Waals surface area contributed by atoms with E-state index in [1.165, 1.54) is 0 Å². The standard InChI is InChI=1S/C13H25N3O2/c1-11(6-5-7-14)13(18)15(2)10-12(17)16-8-3-4-9-16/h11H,3-10,14H2,1-2H3. The third kappa shape index (κ3) is 4.29. The van der Waals surface area contributed by atoms with E-state index in [0.29, 0.717) is 6.54 Å². The third-order valence-electron chi connectivity index (χ3n) is 3.47. The number of hydrogen-bond donors (Lipinski definition) is 1. The van der Waals surface area contributed by atoms with Gasteiger partial charge in [-0.3, -0.25) is 9.59 Å². The molecule has 1 rings (SSSR count). The van der Waals surface area contributed by atoms with Gasteiger partial charge in [0.1, 0.15) is 0 Å². The molecule has 18 heavy (non-hydrogen) atoms. The number of rotatable bonds is 6. The number of carbonyl (C=O) groups excluding carboxylic acids is 2. The zero-order chi connectivity index (χ0) is 13.5. The highest BCUT2D eigenvalue weighted by molar-refractivity contribution is 5.85. The average molecular weight is 255 g/mol. The molecule has 1 saturated heterocycles. The molecule has 1 aliphatic rings. The second kappa shape index (κ2) is 7.36. The molecular formula is C13H25N3O2. The zero-order valence-corrected chi connectivity index (χ0v) is 11.5. The van der Waals surface area contributed by atoms with Gasteiger partial charge in [0.15, 0.2) is 0 Å². The Bertz CT molecular complexity index is 288. The first-order chi connectivity index (χ1) is 8.56. The van der Waals surface area contributed by atoms with Crippen molar-refractivity contribution in [3.05, 3.63) is 0 Å². The predicted molar refractivity (Wildman–Crippen MR) is 70.9 cm³/mol. The van der Waals surface area contributed by atoms with Crippen molar-refractivity contribution in [1.82, 2.24) is 9.80 Å². The van der Waals surface area contributed by atoms with Crippen LogP contribution >= 0.6 is 0 Å². The van der Waals surface area contributed by atoms with Crippen LogP contribution in [-0.2, 0) is 9.59 Å². The monoisotopic (exact) mass is 255 g/mol. The molecule has 5 heteroatoms. The van der Waals surface area contributed by atoms with Gasteiger partial charge in [-0.15, -0.1) is 0 Å². The average Bonchev–Trinajstić information content (AvgIpc) is 2.88. The molecule has 0 spiro atoms. The Morgan fingerprint density at radius 1 is 1.33 bits per heavy atom. The molecule has 0 aromatic heterocycles. The molecule has 5 nitrogen and oxygen atoms in total. The van der Waals surface area contributed by atoms with E-state index < -0.39 is 0 Å². The summed E-state index contributed by atoms with van der Waals surface area (Å²) in [5.41, 5.74) is 5.43. The molecular weight excluding hydrogens is 230 g/mol. The van der Waals surface area contributed by atoms with Crippen LogP contribution in [0, 0.1) is 5.92 Å². The van der Waals surface area contributed by atoms with Gasteiger partial charge in [0.2, 0.25) is 11.8 Å². The molecule has 1 aliphatic heterocycles. The van der Waals surface area contributed by atoms with Crippen LogP contribution in [0.25, 0.3) is 0 Å². The number of carbonyl (C=O) groups is 2. The summed E-state index contributed by atoms with van der Waals surface area (Å²) in [5.74, 6) is 0.0512. The van der Waals surface area contributed by atoms with Gasteiger partial charge in [0, 0.05) is 26.1 Å². The first kappa shape index (κ1) is 15.0. The lowest BCUT2D eigenvalue weighted by Gasteiger charge is -2.23. The maximum atomic E-state index is 12.0. The lowest BCUT2D eigenvalue weighted by molar-refractivity contribution is -0.141. The highest BCUT2D eigenvalue weighted by atomic mass is 16.2. The fourth-order valence-electron chi connectivity index (χ4n) is 2.27. The molecule has 0 aromatic carbocycles. The van der Waals surface area contributed by atoms with Gasteiger partial charge in [-0.25, -0.2) is 0 Å². The van der Waals surface area contributed by atoms with Crippen LogP contribution in [0.1, 0.15) is 32.6 Å². The Morgan fingerprint density at radius 3 is 2.50 bits per heavy atom. The Labute approximate surface area is 109 Å². The lowest BCUT2D eigenvalue weighted by atomic mass is 10.0. The van der Waals surface area contributed by atoms with Crippen LogP contribution in [0.3, 0.4) is 0 Å². The van der Waals surface area contributed by atoms with Crippen molar-refractivity contribution in [2.24, 2.45) is 11.7 Å². The molecule has 1 unspecified atom stereocenters. The minimum absolute atomic E-state index is 0.0380. The van der Waals surface area contributed by atoms with Crippen LogP contribution in [0.15, 0.2) is 0 Å². The molecule has 104 valence electrons. The molecule has 1 atom stereocenters. The molecule has 0 aromatic rings. The van der Waals surface area contributed by atoms with Crippen LogP contribution in [0.4, 0.5) is 0 Å². The van der Waals surface area contributed by atoms with Crippen LogP contribution in [0.2, 0.25) is 0 Å². The number of amides is 2. The van der Waals surface area contributed by atoms with E-state index in [0.717, 1.165) is 38.8 Å². The summed E-state index contributed by atoms with van der Waals surface area (Å²) in [4.78, 5) is 27.3. The van der Waals surface area contributed by atoms with Gasteiger partial charge in [0.25, 0.3) is 0 Å². The molecule has 0 aliphatic carbocycles. The maximum absolute atomic E-state index is 12.0. The van der Waals surface area contributed by atoms with E-state index >= 15 is 0 Å². The summed E-state index contributed by atoms with van der Waals surface area (Å²) in [5, 5.41) is 0. The smallest absolute Gasteiger partial charge is 0.242 e. The van der Waals surface area contributed by atoms with Crippen LogP contribution < -0.4 is 5.73 Å². The molecule has 0 saturated carbocycles. The molecule has 2 amide bonds. The second-order valence-electron chi connectivity index (χ2n) is 5.11. The summed E-state index contributed by atoms with van der Waals surface area (Å²) in [6, 6.07) is 0. The topological polar surface area (TPSA) is 66.6 Å². The number of likely N-dealkylation sites (tertiary alicyclic amines) is 1. The van der Waals surface area contributed by atoms with E-state index in [1.54, 1.807) is 11.9 Å². The zero-order valence-electron chi connectivity index (χ0n) is 11.5. The van der Waals surface area contributed by atoms with Gasteiger partial charge in [-0.2, -0.15) is 0 Å². The predicted octanol–water partition coefficient (Wildman–Crippen LogP) is 0.442. The minimum Gasteiger partial charge on any atom is -0.341 e. The summed E-state index contributed by atoms with van der Waals surface area (Å²) in [6.07, 6.45) is 3.80. The normalized spacial score (nSPS) is 16.7. The van der Waals surface area contributed by atoms with Crippen molar-refractivity contribution in [2.75, 3.05) is 33.2 Å². The fourth-order valence-corrected chi connectivity index (χ4v) is 2.27. The van der Waals surface area contributed by atoms with Crippen molar-refractivity contribution in [2.45, 2.75) is 32.6 Å². The van der Waals surface area contributed by atoms with Crippen LogP contribution in [-0.4, -0.2) is 54.8 Å². The molecule has 0 radical (unpaired) electrons. The van der Waals surface area contributed by atoms with E-state index in [4.69, 9.17) is 5.73 Å². The van der Waals surface area contributed by atoms with Crippen molar-refractivity contribution in [1.29, 1.82) is 0 Å². The number of hydrogen-bond acceptors (Lipinski definition) is 3. The highest BCUT2D eigenvalue weighted by Crippen LogP contribution is 2.11. The SMILES string of the molecule is CC(CCCN)C(=O)N(C)CC(=O)N1CCCC1.